The molecular formula is C18H21NO3. The lowest BCUT2D eigenvalue weighted by molar-refractivity contribution is 0.0942. The van der Waals surface area contributed by atoms with E-state index in [4.69, 9.17) is 4.74 Å². The summed E-state index contributed by atoms with van der Waals surface area (Å²) >= 11 is 0. The molecule has 0 saturated heterocycles. The highest BCUT2D eigenvalue weighted by molar-refractivity contribution is 5.94. The number of amides is 1. The zero-order chi connectivity index (χ0) is 15.8. The average molecular weight is 299 g/mol. The van der Waals surface area contributed by atoms with Gasteiger partial charge in [0.15, 0.2) is 0 Å². The van der Waals surface area contributed by atoms with Crippen LogP contribution in [-0.4, -0.2) is 24.2 Å². The van der Waals surface area contributed by atoms with Crippen LogP contribution in [0.25, 0.3) is 0 Å². The van der Waals surface area contributed by atoms with Crippen molar-refractivity contribution in [2.24, 2.45) is 0 Å². The summed E-state index contributed by atoms with van der Waals surface area (Å²) in [5.74, 6) is 0.599. The van der Waals surface area contributed by atoms with E-state index >= 15 is 0 Å². The van der Waals surface area contributed by atoms with Gasteiger partial charge in [0.2, 0.25) is 0 Å². The number of aliphatic hydroxyl groups excluding tert-OH is 1. The molecule has 2 N–H and O–H groups in total. The van der Waals surface area contributed by atoms with Crippen LogP contribution in [0, 0.1) is 0 Å². The maximum atomic E-state index is 12.0. The van der Waals surface area contributed by atoms with Crippen molar-refractivity contribution in [2.45, 2.75) is 19.4 Å². The van der Waals surface area contributed by atoms with Gasteiger partial charge in [-0.25, -0.2) is 0 Å². The second-order valence-electron chi connectivity index (χ2n) is 4.93. The maximum Gasteiger partial charge on any atom is 0.251 e. The highest BCUT2D eigenvalue weighted by Gasteiger charge is 2.09. The summed E-state index contributed by atoms with van der Waals surface area (Å²) in [6, 6.07) is 16.4. The molecule has 4 nitrogen and oxygen atoms in total. The number of ether oxygens (including phenoxy) is 1. The molecule has 0 spiro atoms. The molecule has 0 aromatic heterocycles. The van der Waals surface area contributed by atoms with Crippen LogP contribution >= 0.6 is 0 Å². The molecule has 0 aliphatic rings. The van der Waals surface area contributed by atoms with Crippen LogP contribution in [0.5, 0.6) is 5.75 Å². The molecule has 116 valence electrons. The predicted molar refractivity (Wildman–Crippen MR) is 86.0 cm³/mol. The molecule has 2 aromatic rings. The van der Waals surface area contributed by atoms with Gasteiger partial charge in [0.1, 0.15) is 5.75 Å². The lowest BCUT2D eigenvalue weighted by Crippen LogP contribution is -2.25. The van der Waals surface area contributed by atoms with Crippen molar-refractivity contribution in [3.63, 3.8) is 0 Å². The van der Waals surface area contributed by atoms with Gasteiger partial charge < -0.3 is 15.2 Å². The number of benzene rings is 2. The van der Waals surface area contributed by atoms with Gasteiger partial charge in [-0.1, -0.05) is 30.3 Å². The van der Waals surface area contributed by atoms with E-state index in [0.29, 0.717) is 25.1 Å². The van der Waals surface area contributed by atoms with Crippen LogP contribution in [0.2, 0.25) is 0 Å². The first-order valence-electron chi connectivity index (χ1n) is 7.44. The van der Waals surface area contributed by atoms with Crippen LogP contribution in [0.1, 0.15) is 35.4 Å². The van der Waals surface area contributed by atoms with E-state index in [-0.39, 0.29) is 5.91 Å². The fourth-order valence-electron chi connectivity index (χ4n) is 2.14. The van der Waals surface area contributed by atoms with E-state index in [9.17, 15) is 9.90 Å². The Morgan fingerprint density at radius 1 is 1.14 bits per heavy atom. The zero-order valence-corrected chi connectivity index (χ0v) is 12.7. The molecule has 0 aliphatic carbocycles. The number of carbonyl (C=O) groups is 1. The van der Waals surface area contributed by atoms with E-state index < -0.39 is 6.10 Å². The lowest BCUT2D eigenvalue weighted by atomic mass is 10.1. The topological polar surface area (TPSA) is 58.6 Å². The maximum absolute atomic E-state index is 12.0. The van der Waals surface area contributed by atoms with Gasteiger partial charge in [-0.3, -0.25) is 4.79 Å². The summed E-state index contributed by atoms with van der Waals surface area (Å²) in [5, 5.41) is 12.8. The van der Waals surface area contributed by atoms with E-state index in [0.717, 1.165) is 11.3 Å². The Bertz CT molecular complexity index is 581. The van der Waals surface area contributed by atoms with Gasteiger partial charge in [0.05, 0.1) is 12.7 Å². The van der Waals surface area contributed by atoms with Crippen molar-refractivity contribution >= 4 is 5.91 Å². The molecule has 22 heavy (non-hydrogen) atoms. The molecule has 0 saturated carbocycles. The van der Waals surface area contributed by atoms with Gasteiger partial charge in [0.25, 0.3) is 5.91 Å². The molecule has 1 unspecified atom stereocenters. The molecule has 2 aromatic carbocycles. The predicted octanol–water partition coefficient (Wildman–Crippen LogP) is 2.94. The van der Waals surface area contributed by atoms with Gasteiger partial charge in [-0.15, -0.1) is 0 Å². The van der Waals surface area contributed by atoms with Gasteiger partial charge in [0, 0.05) is 12.1 Å². The smallest absolute Gasteiger partial charge is 0.251 e. The molecule has 0 heterocycles. The normalized spacial score (nSPS) is 11.7. The molecule has 0 fully saturated rings. The van der Waals surface area contributed by atoms with Crippen LogP contribution in [0.4, 0.5) is 0 Å². The van der Waals surface area contributed by atoms with Crippen molar-refractivity contribution in [1.29, 1.82) is 0 Å². The van der Waals surface area contributed by atoms with Crippen LogP contribution in [0.3, 0.4) is 0 Å². The number of hydrogen-bond donors (Lipinski definition) is 2. The fourth-order valence-corrected chi connectivity index (χ4v) is 2.14. The Balaban J connectivity index is 1.80. The summed E-state index contributed by atoms with van der Waals surface area (Å²) < 4.78 is 5.34. The van der Waals surface area contributed by atoms with Crippen LogP contribution in [-0.2, 0) is 0 Å². The Kier molecular flexibility index (Phi) is 5.98. The molecule has 0 radical (unpaired) electrons. The first-order valence-corrected chi connectivity index (χ1v) is 7.44. The van der Waals surface area contributed by atoms with Gasteiger partial charge >= 0.3 is 0 Å². The summed E-state index contributed by atoms with van der Waals surface area (Å²) in [7, 11) is 0. The van der Waals surface area contributed by atoms with Crippen molar-refractivity contribution < 1.29 is 14.6 Å². The van der Waals surface area contributed by atoms with Crippen molar-refractivity contribution in [3.05, 3.63) is 65.7 Å². The van der Waals surface area contributed by atoms with Crippen molar-refractivity contribution in [3.8, 4) is 5.75 Å². The monoisotopic (exact) mass is 299 g/mol. The van der Waals surface area contributed by atoms with E-state index in [1.54, 1.807) is 24.3 Å². The summed E-state index contributed by atoms with van der Waals surface area (Å²) in [5.41, 5.74) is 1.44. The first-order chi connectivity index (χ1) is 10.7. The third kappa shape index (κ3) is 4.60. The van der Waals surface area contributed by atoms with Crippen molar-refractivity contribution in [1.82, 2.24) is 5.32 Å². The molecule has 0 bridgehead atoms. The second kappa shape index (κ2) is 8.20. The average Bonchev–Trinajstić information content (AvgIpc) is 2.56. The Morgan fingerprint density at radius 2 is 1.82 bits per heavy atom. The summed E-state index contributed by atoms with van der Waals surface area (Å²) in [6.07, 6.45) is -0.0888. The van der Waals surface area contributed by atoms with E-state index in [1.165, 1.54) is 0 Å². The number of aliphatic hydroxyl groups is 1. The number of hydrogen-bond acceptors (Lipinski definition) is 3. The van der Waals surface area contributed by atoms with E-state index in [1.807, 2.05) is 37.3 Å². The molecule has 1 atom stereocenters. The second-order valence-corrected chi connectivity index (χ2v) is 4.93. The minimum Gasteiger partial charge on any atom is -0.494 e. The summed E-state index contributed by atoms with van der Waals surface area (Å²) in [6.45, 7) is 2.93. The molecule has 4 heteroatoms. The van der Waals surface area contributed by atoms with Gasteiger partial charge in [-0.05, 0) is 43.2 Å². The standard InChI is InChI=1S/C18H21NO3/c1-2-22-16-10-8-15(9-11-16)18(21)19-13-12-17(20)14-6-4-3-5-7-14/h3-11,17,20H,2,12-13H2,1H3,(H,19,21). The molecular weight excluding hydrogens is 278 g/mol. The van der Waals surface area contributed by atoms with E-state index in [2.05, 4.69) is 5.32 Å². The van der Waals surface area contributed by atoms with Crippen LogP contribution < -0.4 is 10.1 Å². The molecule has 2 rings (SSSR count). The quantitative estimate of drug-likeness (QED) is 0.826. The lowest BCUT2D eigenvalue weighted by Gasteiger charge is -2.11. The summed E-state index contributed by atoms with van der Waals surface area (Å²) in [4.78, 5) is 12.0. The highest BCUT2D eigenvalue weighted by atomic mass is 16.5. The Hall–Kier alpha value is -2.33. The Labute approximate surface area is 130 Å². The number of rotatable bonds is 7. The van der Waals surface area contributed by atoms with Gasteiger partial charge in [-0.2, -0.15) is 0 Å². The number of carbonyl (C=O) groups excluding carboxylic acids is 1. The molecule has 0 aliphatic heterocycles. The van der Waals surface area contributed by atoms with Crippen molar-refractivity contribution in [2.75, 3.05) is 13.2 Å². The fraction of sp³-hybridized carbons (Fsp3) is 0.278. The number of nitrogens with one attached hydrogen (secondary N) is 1. The largest absolute Gasteiger partial charge is 0.494 e. The SMILES string of the molecule is CCOc1ccc(C(=O)NCCC(O)c2ccccc2)cc1. The minimum absolute atomic E-state index is 0.150. The zero-order valence-electron chi connectivity index (χ0n) is 12.7. The minimum atomic E-state index is -0.568. The van der Waals surface area contributed by atoms with Crippen LogP contribution in [0.15, 0.2) is 54.6 Å². The Morgan fingerprint density at radius 3 is 2.45 bits per heavy atom. The first kappa shape index (κ1) is 16.0. The molecule has 1 amide bonds. The highest BCUT2D eigenvalue weighted by Crippen LogP contribution is 2.15. The third-order valence-corrected chi connectivity index (χ3v) is 3.32. The third-order valence-electron chi connectivity index (χ3n) is 3.32.